The maximum atomic E-state index is 11.4. The Balaban J connectivity index is 1.69. The van der Waals surface area contributed by atoms with Gasteiger partial charge >= 0.3 is 0 Å². The van der Waals surface area contributed by atoms with Crippen LogP contribution in [0.5, 0.6) is 0 Å². The molecule has 0 amide bonds. The van der Waals surface area contributed by atoms with E-state index < -0.39 is 10.2 Å². The molecule has 118 valence electrons. The van der Waals surface area contributed by atoms with E-state index in [9.17, 15) is 8.42 Å². The van der Waals surface area contributed by atoms with E-state index in [1.807, 2.05) is 30.3 Å². The van der Waals surface area contributed by atoms with Crippen molar-refractivity contribution in [1.29, 1.82) is 0 Å². The molecule has 7 heteroatoms. The molecule has 2 N–H and O–H groups in total. The maximum Gasteiger partial charge on any atom is 0.276 e. The third kappa shape index (κ3) is 3.61. The fourth-order valence-electron chi connectivity index (χ4n) is 2.79. The smallest absolute Gasteiger partial charge is 0.276 e. The maximum absolute atomic E-state index is 11.4. The Labute approximate surface area is 130 Å². The minimum absolute atomic E-state index is 0.437. The SMILES string of the molecule is NS(=O)(=O)N1CCCN(Cc2ccc3ccccc3n2)CC1. The van der Waals surface area contributed by atoms with Crippen molar-refractivity contribution in [2.75, 3.05) is 26.2 Å². The van der Waals surface area contributed by atoms with Gasteiger partial charge in [0.1, 0.15) is 0 Å². The van der Waals surface area contributed by atoms with E-state index in [4.69, 9.17) is 5.14 Å². The van der Waals surface area contributed by atoms with Crippen LogP contribution in [0.2, 0.25) is 0 Å². The minimum atomic E-state index is -3.58. The summed E-state index contributed by atoms with van der Waals surface area (Å²) in [5.74, 6) is 0. The minimum Gasteiger partial charge on any atom is -0.296 e. The number of aromatic nitrogens is 1. The Kier molecular flexibility index (Phi) is 4.39. The Bertz CT molecular complexity index is 763. The van der Waals surface area contributed by atoms with Crippen molar-refractivity contribution in [3.8, 4) is 0 Å². The number of nitrogens with two attached hydrogens (primary N) is 1. The summed E-state index contributed by atoms with van der Waals surface area (Å²) in [5, 5.41) is 6.33. The first-order valence-corrected chi connectivity index (χ1v) is 8.87. The molecule has 2 aromatic rings. The van der Waals surface area contributed by atoms with E-state index in [-0.39, 0.29) is 0 Å². The van der Waals surface area contributed by atoms with Gasteiger partial charge in [0.2, 0.25) is 0 Å². The van der Waals surface area contributed by atoms with E-state index in [2.05, 4.69) is 16.0 Å². The summed E-state index contributed by atoms with van der Waals surface area (Å²) >= 11 is 0. The molecular formula is C15H20N4O2S. The molecule has 6 nitrogen and oxygen atoms in total. The fourth-order valence-corrected chi connectivity index (χ4v) is 3.50. The van der Waals surface area contributed by atoms with Crippen LogP contribution < -0.4 is 5.14 Å². The van der Waals surface area contributed by atoms with Crippen LogP contribution in [0.3, 0.4) is 0 Å². The molecule has 1 saturated heterocycles. The van der Waals surface area contributed by atoms with Gasteiger partial charge in [0.25, 0.3) is 10.2 Å². The molecule has 0 spiro atoms. The summed E-state index contributed by atoms with van der Waals surface area (Å²) in [6, 6.07) is 12.1. The van der Waals surface area contributed by atoms with Gasteiger partial charge in [-0.1, -0.05) is 24.3 Å². The predicted molar refractivity (Wildman–Crippen MR) is 86.3 cm³/mol. The summed E-state index contributed by atoms with van der Waals surface area (Å²) in [5.41, 5.74) is 1.99. The van der Waals surface area contributed by atoms with Gasteiger partial charge in [0.05, 0.1) is 11.2 Å². The van der Waals surface area contributed by atoms with Crippen molar-refractivity contribution < 1.29 is 8.42 Å². The van der Waals surface area contributed by atoms with Crippen molar-refractivity contribution in [3.63, 3.8) is 0 Å². The molecule has 1 aromatic heterocycles. The molecule has 3 rings (SSSR count). The van der Waals surface area contributed by atoms with Crippen LogP contribution in [0.1, 0.15) is 12.1 Å². The molecule has 22 heavy (non-hydrogen) atoms. The van der Waals surface area contributed by atoms with Gasteiger partial charge in [0, 0.05) is 31.6 Å². The first-order chi connectivity index (χ1) is 10.5. The molecule has 1 aliphatic heterocycles. The van der Waals surface area contributed by atoms with Crippen LogP contribution in [-0.2, 0) is 16.8 Å². The summed E-state index contributed by atoms with van der Waals surface area (Å²) in [7, 11) is -3.58. The number of benzene rings is 1. The Morgan fingerprint density at radius 3 is 2.68 bits per heavy atom. The Morgan fingerprint density at radius 1 is 1.05 bits per heavy atom. The standard InChI is InChI=1S/C15H20N4O2S/c16-22(20,21)19-9-3-8-18(10-11-19)12-14-7-6-13-4-1-2-5-15(13)17-14/h1-2,4-7H,3,8-12H2,(H2,16,20,21). The number of nitrogens with zero attached hydrogens (tertiary/aromatic N) is 3. The lowest BCUT2D eigenvalue weighted by atomic mass is 10.2. The molecule has 1 aliphatic rings. The number of hydrogen-bond acceptors (Lipinski definition) is 4. The highest BCUT2D eigenvalue weighted by Crippen LogP contribution is 2.14. The van der Waals surface area contributed by atoms with E-state index >= 15 is 0 Å². The topological polar surface area (TPSA) is 79.5 Å². The summed E-state index contributed by atoms with van der Waals surface area (Å²) in [6.07, 6.45) is 0.782. The molecule has 0 saturated carbocycles. The number of fused-ring (bicyclic) bond motifs is 1. The van der Waals surface area contributed by atoms with Crippen LogP contribution in [0.25, 0.3) is 10.9 Å². The largest absolute Gasteiger partial charge is 0.296 e. The van der Waals surface area contributed by atoms with Crippen LogP contribution in [0.15, 0.2) is 36.4 Å². The molecular weight excluding hydrogens is 300 g/mol. The highest BCUT2D eigenvalue weighted by atomic mass is 32.2. The van der Waals surface area contributed by atoms with Gasteiger partial charge in [0.15, 0.2) is 0 Å². The van der Waals surface area contributed by atoms with E-state index in [0.717, 1.165) is 36.1 Å². The number of pyridine rings is 1. The van der Waals surface area contributed by atoms with Gasteiger partial charge in [-0.2, -0.15) is 12.7 Å². The Hall–Kier alpha value is -1.54. The van der Waals surface area contributed by atoms with E-state index in [1.165, 1.54) is 4.31 Å². The molecule has 2 heterocycles. The number of rotatable bonds is 3. The zero-order chi connectivity index (χ0) is 15.6. The van der Waals surface area contributed by atoms with Gasteiger partial charge in [-0.15, -0.1) is 0 Å². The second kappa shape index (κ2) is 6.29. The highest BCUT2D eigenvalue weighted by molar-refractivity contribution is 7.86. The molecule has 0 radical (unpaired) electrons. The molecule has 1 aromatic carbocycles. The van der Waals surface area contributed by atoms with Gasteiger partial charge in [-0.3, -0.25) is 9.88 Å². The third-order valence-electron chi connectivity index (χ3n) is 3.95. The third-order valence-corrected chi connectivity index (χ3v) is 5.03. The fraction of sp³-hybridized carbons (Fsp3) is 0.400. The lowest BCUT2D eigenvalue weighted by Gasteiger charge is -2.20. The molecule has 1 fully saturated rings. The lowest BCUT2D eigenvalue weighted by Crippen LogP contribution is -2.39. The van der Waals surface area contributed by atoms with Crippen molar-refractivity contribution >= 4 is 21.1 Å². The van der Waals surface area contributed by atoms with Crippen molar-refractivity contribution in [2.45, 2.75) is 13.0 Å². The zero-order valence-corrected chi connectivity index (χ0v) is 13.2. The van der Waals surface area contributed by atoms with Crippen LogP contribution >= 0.6 is 0 Å². The normalized spacial score (nSPS) is 18.4. The molecule has 0 atom stereocenters. The summed E-state index contributed by atoms with van der Waals surface area (Å²) < 4.78 is 24.2. The van der Waals surface area contributed by atoms with Gasteiger partial charge in [-0.05, 0) is 25.1 Å². The quantitative estimate of drug-likeness (QED) is 0.913. The first kappa shape index (κ1) is 15.4. The van der Waals surface area contributed by atoms with Crippen LogP contribution in [0, 0.1) is 0 Å². The predicted octanol–water partition coefficient (Wildman–Crippen LogP) is 0.946. The van der Waals surface area contributed by atoms with Gasteiger partial charge in [-0.25, -0.2) is 5.14 Å². The van der Waals surface area contributed by atoms with Crippen molar-refractivity contribution in [3.05, 3.63) is 42.1 Å². The second-order valence-corrected chi connectivity index (χ2v) is 7.12. The first-order valence-electron chi connectivity index (χ1n) is 7.37. The highest BCUT2D eigenvalue weighted by Gasteiger charge is 2.21. The average Bonchev–Trinajstić information content (AvgIpc) is 2.72. The lowest BCUT2D eigenvalue weighted by molar-refractivity contribution is 0.276. The average molecular weight is 320 g/mol. The molecule has 0 bridgehead atoms. The van der Waals surface area contributed by atoms with Crippen LogP contribution in [0.4, 0.5) is 0 Å². The Morgan fingerprint density at radius 2 is 1.86 bits per heavy atom. The van der Waals surface area contributed by atoms with E-state index in [1.54, 1.807) is 0 Å². The van der Waals surface area contributed by atoms with Crippen molar-refractivity contribution in [2.24, 2.45) is 5.14 Å². The van der Waals surface area contributed by atoms with Crippen LogP contribution in [-0.4, -0.2) is 48.8 Å². The number of hydrogen-bond donors (Lipinski definition) is 1. The second-order valence-electron chi connectivity index (χ2n) is 5.57. The monoisotopic (exact) mass is 320 g/mol. The van der Waals surface area contributed by atoms with Crippen molar-refractivity contribution in [1.82, 2.24) is 14.2 Å². The molecule has 0 aliphatic carbocycles. The zero-order valence-electron chi connectivity index (χ0n) is 12.4. The summed E-state index contributed by atoms with van der Waals surface area (Å²) in [6.45, 7) is 3.17. The molecule has 0 unspecified atom stereocenters. The summed E-state index contributed by atoms with van der Waals surface area (Å²) in [4.78, 5) is 6.89. The van der Waals surface area contributed by atoms with E-state index in [0.29, 0.717) is 19.6 Å². The number of para-hydroxylation sites is 1. The van der Waals surface area contributed by atoms with Gasteiger partial charge < -0.3 is 0 Å².